The van der Waals surface area contributed by atoms with E-state index in [4.69, 9.17) is 0 Å². The van der Waals surface area contributed by atoms with Crippen molar-refractivity contribution >= 4 is 43.7 Å². The third-order valence-corrected chi connectivity index (χ3v) is 6.32. The van der Waals surface area contributed by atoms with Crippen LogP contribution in [0.1, 0.15) is 16.3 Å². The Hall–Kier alpha value is -2.17. The molecule has 0 atom stereocenters. The first-order valence-electron chi connectivity index (χ1n) is 7.59. The number of hydrogen-bond acceptors (Lipinski definition) is 8. The smallest absolute Gasteiger partial charge is 0.230 e. The van der Waals surface area contributed by atoms with E-state index in [9.17, 15) is 13.2 Å². The summed E-state index contributed by atoms with van der Waals surface area (Å²) in [5.74, 6) is 0.322. The van der Waals surface area contributed by atoms with Crippen molar-refractivity contribution in [3.63, 3.8) is 0 Å². The van der Waals surface area contributed by atoms with E-state index in [1.54, 1.807) is 12.1 Å². The Balaban J connectivity index is 1.66. The summed E-state index contributed by atoms with van der Waals surface area (Å²) in [6.45, 7) is 3.82. The van der Waals surface area contributed by atoms with Gasteiger partial charge in [0.1, 0.15) is 0 Å². The highest BCUT2D eigenvalue weighted by molar-refractivity contribution is 7.90. The lowest BCUT2D eigenvalue weighted by molar-refractivity contribution is -0.115. The summed E-state index contributed by atoms with van der Waals surface area (Å²) < 4.78 is 27.2. The number of hydrogen-bond donors (Lipinski definition) is 1. The molecule has 2 heterocycles. The van der Waals surface area contributed by atoms with Crippen LogP contribution >= 0.6 is 22.9 Å². The second-order valence-electron chi connectivity index (χ2n) is 5.71. The van der Waals surface area contributed by atoms with E-state index < -0.39 is 9.84 Å². The molecule has 136 valence electrons. The summed E-state index contributed by atoms with van der Waals surface area (Å²) in [4.78, 5) is 22.0. The first-order chi connectivity index (χ1) is 12.2. The van der Waals surface area contributed by atoms with Crippen molar-refractivity contribution in [2.75, 3.05) is 11.6 Å². The SMILES string of the molecule is Cc1nc(C)c(-c2nsc(NC(=O)Cc3ccc(S(C)(=O)=O)cc3)n2)s1. The van der Waals surface area contributed by atoms with Gasteiger partial charge in [0.15, 0.2) is 15.7 Å². The molecule has 1 aromatic carbocycles. The normalized spacial score (nSPS) is 11.5. The molecule has 0 saturated heterocycles. The van der Waals surface area contributed by atoms with Crippen molar-refractivity contribution in [2.24, 2.45) is 0 Å². The van der Waals surface area contributed by atoms with Crippen molar-refractivity contribution < 1.29 is 13.2 Å². The summed E-state index contributed by atoms with van der Waals surface area (Å²) >= 11 is 2.63. The number of amides is 1. The molecule has 0 fully saturated rings. The fraction of sp³-hybridized carbons (Fsp3) is 0.250. The minimum Gasteiger partial charge on any atom is -0.300 e. The van der Waals surface area contributed by atoms with Gasteiger partial charge in [-0.2, -0.15) is 9.36 Å². The number of thiazole rings is 1. The third-order valence-electron chi connectivity index (χ3n) is 3.50. The zero-order valence-corrected chi connectivity index (χ0v) is 16.8. The Bertz CT molecular complexity index is 1050. The van der Waals surface area contributed by atoms with Gasteiger partial charge in [0, 0.05) is 17.8 Å². The number of carbonyl (C=O) groups is 1. The largest absolute Gasteiger partial charge is 0.300 e. The highest BCUT2D eigenvalue weighted by Gasteiger charge is 2.15. The third kappa shape index (κ3) is 4.32. The first-order valence-corrected chi connectivity index (χ1v) is 11.1. The van der Waals surface area contributed by atoms with Crippen LogP contribution in [0.2, 0.25) is 0 Å². The van der Waals surface area contributed by atoms with E-state index >= 15 is 0 Å². The van der Waals surface area contributed by atoms with Gasteiger partial charge < -0.3 is 5.32 Å². The molecule has 1 N–H and O–H groups in total. The number of aromatic nitrogens is 3. The van der Waals surface area contributed by atoms with Crippen LogP contribution < -0.4 is 5.32 Å². The van der Waals surface area contributed by atoms with Crippen LogP contribution in [0.25, 0.3) is 10.7 Å². The van der Waals surface area contributed by atoms with E-state index in [1.807, 2.05) is 13.8 Å². The predicted molar refractivity (Wildman–Crippen MR) is 102 cm³/mol. The minimum absolute atomic E-state index is 0.123. The van der Waals surface area contributed by atoms with Gasteiger partial charge in [0.05, 0.1) is 26.9 Å². The molecule has 10 heteroatoms. The molecule has 3 rings (SSSR count). The van der Waals surface area contributed by atoms with Gasteiger partial charge in [-0.3, -0.25) is 4.79 Å². The van der Waals surface area contributed by atoms with Crippen LogP contribution in [-0.4, -0.2) is 34.9 Å². The van der Waals surface area contributed by atoms with Gasteiger partial charge in [0.2, 0.25) is 11.0 Å². The Labute approximate surface area is 159 Å². The molecule has 0 unspecified atom stereocenters. The molecule has 3 aromatic rings. The summed E-state index contributed by atoms with van der Waals surface area (Å²) in [7, 11) is -3.24. The second kappa shape index (κ2) is 7.22. The van der Waals surface area contributed by atoms with E-state index in [-0.39, 0.29) is 17.2 Å². The number of benzene rings is 1. The first kappa shape index (κ1) is 18.6. The molecule has 1 amide bonds. The number of rotatable bonds is 5. The van der Waals surface area contributed by atoms with E-state index in [0.29, 0.717) is 16.5 Å². The highest BCUT2D eigenvalue weighted by atomic mass is 32.2. The molecular weight excluding hydrogens is 392 g/mol. The van der Waals surface area contributed by atoms with Crippen molar-refractivity contribution in [2.45, 2.75) is 25.2 Å². The van der Waals surface area contributed by atoms with Crippen molar-refractivity contribution in [1.29, 1.82) is 0 Å². The average Bonchev–Trinajstić information content (AvgIpc) is 3.12. The molecule has 7 nitrogen and oxygen atoms in total. The summed E-state index contributed by atoms with van der Waals surface area (Å²) in [5.41, 5.74) is 1.59. The predicted octanol–water partition coefficient (Wildman–Crippen LogP) is 2.86. The number of nitrogens with zero attached hydrogens (tertiary/aromatic N) is 3. The van der Waals surface area contributed by atoms with Gasteiger partial charge in [-0.1, -0.05) is 12.1 Å². The van der Waals surface area contributed by atoms with Gasteiger partial charge in [-0.15, -0.1) is 11.3 Å². The molecule has 0 radical (unpaired) electrons. The van der Waals surface area contributed by atoms with Crippen LogP contribution in [0.4, 0.5) is 5.13 Å². The Morgan fingerprint density at radius 3 is 2.42 bits per heavy atom. The lowest BCUT2D eigenvalue weighted by Crippen LogP contribution is -2.14. The number of carbonyl (C=O) groups excluding carboxylic acids is 1. The van der Waals surface area contributed by atoms with Crippen LogP contribution in [-0.2, 0) is 21.1 Å². The Morgan fingerprint density at radius 2 is 1.85 bits per heavy atom. The number of aryl methyl sites for hydroxylation is 2. The minimum atomic E-state index is -3.24. The Morgan fingerprint density at radius 1 is 1.15 bits per heavy atom. The van der Waals surface area contributed by atoms with Crippen molar-refractivity contribution in [3.05, 3.63) is 40.5 Å². The molecule has 0 saturated carbocycles. The summed E-state index contributed by atoms with van der Waals surface area (Å²) in [6.07, 6.45) is 1.27. The van der Waals surface area contributed by atoms with Crippen LogP contribution in [0.15, 0.2) is 29.2 Å². The lowest BCUT2D eigenvalue weighted by atomic mass is 10.1. The van der Waals surface area contributed by atoms with E-state index in [1.165, 1.54) is 23.5 Å². The highest BCUT2D eigenvalue weighted by Crippen LogP contribution is 2.29. The molecule has 0 aliphatic heterocycles. The van der Waals surface area contributed by atoms with Gasteiger partial charge in [0.25, 0.3) is 0 Å². The zero-order valence-electron chi connectivity index (χ0n) is 14.3. The fourth-order valence-electron chi connectivity index (χ4n) is 2.31. The molecule has 0 aliphatic carbocycles. The molecule has 26 heavy (non-hydrogen) atoms. The summed E-state index contributed by atoms with van der Waals surface area (Å²) in [6, 6.07) is 6.25. The van der Waals surface area contributed by atoms with Crippen molar-refractivity contribution in [1.82, 2.24) is 14.3 Å². The zero-order chi connectivity index (χ0) is 18.9. The summed E-state index contributed by atoms with van der Waals surface area (Å²) in [5, 5.41) is 4.08. The van der Waals surface area contributed by atoms with E-state index in [0.717, 1.165) is 33.4 Å². The average molecular weight is 409 g/mol. The monoisotopic (exact) mass is 408 g/mol. The second-order valence-corrected chi connectivity index (χ2v) is 9.68. The van der Waals surface area contributed by atoms with Gasteiger partial charge >= 0.3 is 0 Å². The molecule has 0 spiro atoms. The lowest BCUT2D eigenvalue weighted by Gasteiger charge is -2.03. The maximum Gasteiger partial charge on any atom is 0.230 e. The standard InChI is InChI=1S/C16H16N4O3S3/c1-9-14(24-10(2)17-9)15-19-16(25-20-15)18-13(21)8-11-4-6-12(7-5-11)26(3,22)23/h4-7H,8H2,1-3H3,(H,18,19,20,21). The molecule has 0 bridgehead atoms. The van der Waals surface area contributed by atoms with Crippen LogP contribution in [0.3, 0.4) is 0 Å². The maximum atomic E-state index is 12.2. The van der Waals surface area contributed by atoms with Crippen LogP contribution in [0.5, 0.6) is 0 Å². The van der Waals surface area contributed by atoms with Crippen molar-refractivity contribution in [3.8, 4) is 10.7 Å². The molecular formula is C16H16N4O3S3. The van der Waals surface area contributed by atoms with Gasteiger partial charge in [-0.25, -0.2) is 13.4 Å². The molecule has 0 aliphatic rings. The number of anilines is 1. The van der Waals surface area contributed by atoms with Gasteiger partial charge in [-0.05, 0) is 31.5 Å². The number of sulfone groups is 1. The maximum absolute atomic E-state index is 12.2. The van der Waals surface area contributed by atoms with Crippen LogP contribution in [0, 0.1) is 13.8 Å². The molecule has 2 aromatic heterocycles. The quantitative estimate of drug-likeness (QED) is 0.696. The Kier molecular flexibility index (Phi) is 5.17. The number of nitrogens with one attached hydrogen (secondary N) is 1. The topological polar surface area (TPSA) is 102 Å². The fourth-order valence-corrected chi connectivity index (χ4v) is 4.44. The van der Waals surface area contributed by atoms with E-state index in [2.05, 4.69) is 19.7 Å².